The molecule has 0 amide bonds. The molecule has 0 heterocycles. The summed E-state index contributed by atoms with van der Waals surface area (Å²) in [6.07, 6.45) is 0. The second-order valence-corrected chi connectivity index (χ2v) is 3.90. The van der Waals surface area contributed by atoms with Crippen LogP contribution in [0.4, 0.5) is 5.69 Å². The topological polar surface area (TPSA) is 41.5 Å². The van der Waals surface area contributed by atoms with Gasteiger partial charge in [0.15, 0.2) is 0 Å². The van der Waals surface area contributed by atoms with E-state index in [0.717, 1.165) is 11.4 Å². The normalized spacial score (nSPS) is 11.1. The minimum absolute atomic E-state index is 0.0963. The molecule has 2 N–H and O–H groups in total. The Morgan fingerprint density at radius 1 is 1.29 bits per heavy atom. The molecule has 0 aliphatic heterocycles. The van der Waals surface area contributed by atoms with Crippen LogP contribution in [0.3, 0.4) is 0 Å². The van der Waals surface area contributed by atoms with E-state index in [2.05, 4.69) is 5.32 Å². The second-order valence-electron chi connectivity index (χ2n) is 3.90. The van der Waals surface area contributed by atoms with Crippen LogP contribution in [0.15, 0.2) is 24.3 Å². The van der Waals surface area contributed by atoms with Crippen LogP contribution in [0, 0.1) is 0 Å². The number of methoxy groups -OCH3 is 1. The van der Waals surface area contributed by atoms with E-state index in [1.54, 1.807) is 7.11 Å². The summed E-state index contributed by atoms with van der Waals surface area (Å²) in [4.78, 5) is 0. The molecule has 78 valence electrons. The Labute approximate surface area is 84.7 Å². The Morgan fingerprint density at radius 3 is 2.29 bits per heavy atom. The maximum absolute atomic E-state index is 9.07. The highest BCUT2D eigenvalue weighted by Gasteiger charge is 2.15. The quantitative estimate of drug-likeness (QED) is 0.770. The van der Waals surface area contributed by atoms with Gasteiger partial charge in [0.2, 0.25) is 0 Å². The number of benzene rings is 1. The van der Waals surface area contributed by atoms with Crippen molar-refractivity contribution in [3.63, 3.8) is 0 Å². The van der Waals surface area contributed by atoms with Gasteiger partial charge in [-0.1, -0.05) is 0 Å². The van der Waals surface area contributed by atoms with Crippen molar-refractivity contribution >= 4 is 5.69 Å². The van der Waals surface area contributed by atoms with Crippen molar-refractivity contribution < 1.29 is 9.84 Å². The van der Waals surface area contributed by atoms with Crippen molar-refractivity contribution in [3.8, 4) is 5.75 Å². The average molecular weight is 195 g/mol. The third-order valence-corrected chi connectivity index (χ3v) is 1.97. The number of rotatable bonds is 4. The monoisotopic (exact) mass is 195 g/mol. The van der Waals surface area contributed by atoms with Crippen LogP contribution in [-0.4, -0.2) is 24.4 Å². The summed E-state index contributed by atoms with van der Waals surface area (Å²) in [5.41, 5.74) is 0.680. The van der Waals surface area contributed by atoms with Crippen molar-refractivity contribution in [2.45, 2.75) is 19.4 Å². The molecule has 3 heteroatoms. The lowest BCUT2D eigenvalue weighted by atomic mass is 10.1. The highest BCUT2D eigenvalue weighted by atomic mass is 16.5. The molecular formula is C11H17NO2. The molecule has 14 heavy (non-hydrogen) atoms. The van der Waals surface area contributed by atoms with Crippen LogP contribution in [0.25, 0.3) is 0 Å². The lowest BCUT2D eigenvalue weighted by molar-refractivity contribution is 0.234. The molecule has 1 aromatic rings. The highest BCUT2D eigenvalue weighted by molar-refractivity contribution is 5.48. The fourth-order valence-electron chi connectivity index (χ4n) is 1.10. The van der Waals surface area contributed by atoms with Crippen molar-refractivity contribution in [1.82, 2.24) is 0 Å². The average Bonchev–Trinajstić information content (AvgIpc) is 2.19. The first-order chi connectivity index (χ1) is 6.57. The molecule has 0 unspecified atom stereocenters. The summed E-state index contributed by atoms with van der Waals surface area (Å²) < 4.78 is 5.05. The van der Waals surface area contributed by atoms with Crippen LogP contribution >= 0.6 is 0 Å². The minimum atomic E-state index is -0.297. The molecule has 1 rings (SSSR count). The summed E-state index contributed by atoms with van der Waals surface area (Å²) in [6.45, 7) is 3.98. The van der Waals surface area contributed by atoms with Gasteiger partial charge in [-0.2, -0.15) is 0 Å². The largest absolute Gasteiger partial charge is 0.497 e. The number of aliphatic hydroxyl groups is 1. The molecule has 0 saturated carbocycles. The summed E-state index contributed by atoms with van der Waals surface area (Å²) in [7, 11) is 1.64. The zero-order valence-electron chi connectivity index (χ0n) is 8.87. The number of anilines is 1. The number of ether oxygens (including phenoxy) is 1. The van der Waals surface area contributed by atoms with Gasteiger partial charge in [0, 0.05) is 5.69 Å². The predicted molar refractivity (Wildman–Crippen MR) is 57.8 cm³/mol. The molecule has 3 nitrogen and oxygen atoms in total. The fourth-order valence-corrected chi connectivity index (χ4v) is 1.10. The lowest BCUT2D eigenvalue weighted by Gasteiger charge is -2.24. The summed E-state index contributed by atoms with van der Waals surface area (Å²) in [6, 6.07) is 7.62. The van der Waals surface area contributed by atoms with Crippen molar-refractivity contribution in [3.05, 3.63) is 24.3 Å². The first-order valence-corrected chi connectivity index (χ1v) is 4.60. The Kier molecular flexibility index (Phi) is 3.36. The number of aliphatic hydroxyl groups excluding tert-OH is 1. The van der Waals surface area contributed by atoms with Gasteiger partial charge in [-0.15, -0.1) is 0 Å². The Bertz CT molecular complexity index is 280. The van der Waals surface area contributed by atoms with Crippen LogP contribution in [0.5, 0.6) is 5.75 Å². The first kappa shape index (κ1) is 10.9. The molecule has 0 bridgehead atoms. The van der Waals surface area contributed by atoms with E-state index in [1.165, 1.54) is 0 Å². The van der Waals surface area contributed by atoms with Crippen LogP contribution in [-0.2, 0) is 0 Å². The zero-order valence-corrected chi connectivity index (χ0v) is 8.87. The van der Waals surface area contributed by atoms with Gasteiger partial charge in [-0.25, -0.2) is 0 Å². The Morgan fingerprint density at radius 2 is 1.86 bits per heavy atom. The van der Waals surface area contributed by atoms with E-state index in [-0.39, 0.29) is 12.1 Å². The molecular weight excluding hydrogens is 178 g/mol. The molecule has 1 aromatic carbocycles. The van der Waals surface area contributed by atoms with E-state index < -0.39 is 0 Å². The fraction of sp³-hybridized carbons (Fsp3) is 0.455. The smallest absolute Gasteiger partial charge is 0.119 e. The van der Waals surface area contributed by atoms with E-state index in [4.69, 9.17) is 9.84 Å². The number of hydrogen-bond acceptors (Lipinski definition) is 3. The Hall–Kier alpha value is -1.22. The SMILES string of the molecule is COc1ccc(NC(C)(C)CO)cc1. The van der Waals surface area contributed by atoms with E-state index in [9.17, 15) is 0 Å². The van der Waals surface area contributed by atoms with Crippen molar-refractivity contribution in [2.24, 2.45) is 0 Å². The third-order valence-electron chi connectivity index (χ3n) is 1.97. The van der Waals surface area contributed by atoms with E-state index in [0.29, 0.717) is 0 Å². The lowest BCUT2D eigenvalue weighted by Crippen LogP contribution is -2.34. The summed E-state index contributed by atoms with van der Waals surface area (Å²) in [5.74, 6) is 0.831. The highest BCUT2D eigenvalue weighted by Crippen LogP contribution is 2.18. The Balaban J connectivity index is 2.69. The van der Waals surface area contributed by atoms with Crippen LogP contribution in [0.1, 0.15) is 13.8 Å². The molecule has 0 saturated heterocycles. The molecule has 0 radical (unpaired) electrons. The predicted octanol–water partition coefficient (Wildman–Crippen LogP) is 1.88. The molecule has 0 spiro atoms. The molecule has 0 aliphatic rings. The van der Waals surface area contributed by atoms with E-state index >= 15 is 0 Å². The van der Waals surface area contributed by atoms with E-state index in [1.807, 2.05) is 38.1 Å². The van der Waals surface area contributed by atoms with Gasteiger partial charge < -0.3 is 15.2 Å². The van der Waals surface area contributed by atoms with Gasteiger partial charge in [0.05, 0.1) is 19.3 Å². The summed E-state index contributed by atoms with van der Waals surface area (Å²) in [5, 5.41) is 12.3. The van der Waals surface area contributed by atoms with Gasteiger partial charge in [0.25, 0.3) is 0 Å². The molecule has 0 fully saturated rings. The second kappa shape index (κ2) is 4.33. The maximum Gasteiger partial charge on any atom is 0.119 e. The van der Waals surface area contributed by atoms with Crippen LogP contribution < -0.4 is 10.1 Å². The van der Waals surface area contributed by atoms with Gasteiger partial charge in [-0.05, 0) is 38.1 Å². The molecule has 0 aliphatic carbocycles. The third kappa shape index (κ3) is 2.92. The number of nitrogens with one attached hydrogen (secondary N) is 1. The van der Waals surface area contributed by atoms with Gasteiger partial charge >= 0.3 is 0 Å². The minimum Gasteiger partial charge on any atom is -0.497 e. The number of hydrogen-bond donors (Lipinski definition) is 2. The van der Waals surface area contributed by atoms with Gasteiger partial charge in [-0.3, -0.25) is 0 Å². The maximum atomic E-state index is 9.07. The van der Waals surface area contributed by atoms with Gasteiger partial charge in [0.1, 0.15) is 5.75 Å². The first-order valence-electron chi connectivity index (χ1n) is 4.60. The zero-order chi connectivity index (χ0) is 10.6. The van der Waals surface area contributed by atoms with Crippen molar-refractivity contribution in [2.75, 3.05) is 19.0 Å². The molecule has 0 aromatic heterocycles. The van der Waals surface area contributed by atoms with Crippen LogP contribution in [0.2, 0.25) is 0 Å². The molecule has 0 atom stereocenters. The summed E-state index contributed by atoms with van der Waals surface area (Å²) >= 11 is 0. The standard InChI is InChI=1S/C11H17NO2/c1-11(2,8-13)12-9-4-6-10(14-3)7-5-9/h4-7,12-13H,8H2,1-3H3. The van der Waals surface area contributed by atoms with Crippen molar-refractivity contribution in [1.29, 1.82) is 0 Å².